The Balaban J connectivity index is 1.96. The van der Waals surface area contributed by atoms with Gasteiger partial charge in [-0.15, -0.1) is 0 Å². The molecule has 0 aliphatic carbocycles. The lowest BCUT2D eigenvalue weighted by atomic mass is 10.1. The van der Waals surface area contributed by atoms with Crippen molar-refractivity contribution in [2.45, 2.75) is 19.4 Å². The summed E-state index contributed by atoms with van der Waals surface area (Å²) in [6, 6.07) is 11.5. The molecule has 0 saturated heterocycles. The molecule has 7 heteroatoms. The van der Waals surface area contributed by atoms with E-state index in [1.807, 2.05) is 13.0 Å². The Morgan fingerprint density at radius 3 is 2.67 bits per heavy atom. The van der Waals surface area contributed by atoms with Crippen molar-refractivity contribution in [3.63, 3.8) is 0 Å². The molecule has 1 unspecified atom stereocenters. The lowest BCUT2D eigenvalue weighted by Crippen LogP contribution is -2.33. The summed E-state index contributed by atoms with van der Waals surface area (Å²) >= 11 is 0. The van der Waals surface area contributed by atoms with Crippen molar-refractivity contribution in [1.29, 1.82) is 0 Å². The van der Waals surface area contributed by atoms with Crippen LogP contribution in [0.3, 0.4) is 0 Å². The molecule has 0 aliphatic heterocycles. The maximum atomic E-state index is 12.9. The molecule has 27 heavy (non-hydrogen) atoms. The van der Waals surface area contributed by atoms with Crippen molar-refractivity contribution in [3.8, 4) is 11.5 Å². The number of carbonyl (C=O) groups is 1. The van der Waals surface area contributed by atoms with Gasteiger partial charge in [0.1, 0.15) is 17.5 Å². The van der Waals surface area contributed by atoms with Crippen LogP contribution in [-0.2, 0) is 4.79 Å². The molecule has 0 radical (unpaired) electrons. The van der Waals surface area contributed by atoms with Crippen LogP contribution in [-0.4, -0.2) is 29.7 Å². The first-order chi connectivity index (χ1) is 13.1. The molecule has 3 rings (SSSR count). The lowest BCUT2D eigenvalue weighted by molar-refractivity contribution is -0.119. The van der Waals surface area contributed by atoms with Crippen LogP contribution in [0.25, 0.3) is 10.9 Å². The molecule has 1 heterocycles. The van der Waals surface area contributed by atoms with Crippen LogP contribution < -0.4 is 20.3 Å². The number of hydrogen-bond acceptors (Lipinski definition) is 5. The van der Waals surface area contributed by atoms with E-state index in [-0.39, 0.29) is 11.5 Å². The van der Waals surface area contributed by atoms with Crippen LogP contribution >= 0.6 is 0 Å². The highest BCUT2D eigenvalue weighted by atomic mass is 16.5. The number of nitrogens with one attached hydrogen (secondary N) is 1. The van der Waals surface area contributed by atoms with E-state index in [4.69, 9.17) is 9.47 Å². The minimum atomic E-state index is -0.703. The summed E-state index contributed by atoms with van der Waals surface area (Å²) in [5, 5.41) is 3.31. The number of carbonyl (C=O) groups excluding carboxylic acids is 1. The second kappa shape index (κ2) is 7.90. The van der Waals surface area contributed by atoms with Crippen LogP contribution in [0.1, 0.15) is 19.4 Å². The molecule has 0 fully saturated rings. The van der Waals surface area contributed by atoms with Crippen LogP contribution in [0.5, 0.6) is 11.5 Å². The SMILES string of the molecule is CCC(C(=O)Nc1cc(OC)ccc1OC)n1cnc2ccccc2c1=O. The Bertz CT molecular complexity index is 1030. The Labute approximate surface area is 156 Å². The lowest BCUT2D eigenvalue weighted by Gasteiger charge is -2.19. The quantitative estimate of drug-likeness (QED) is 0.724. The summed E-state index contributed by atoms with van der Waals surface area (Å²) in [6.45, 7) is 1.84. The van der Waals surface area contributed by atoms with E-state index in [2.05, 4.69) is 10.3 Å². The van der Waals surface area contributed by atoms with E-state index in [0.29, 0.717) is 34.5 Å². The zero-order chi connectivity index (χ0) is 19.4. The van der Waals surface area contributed by atoms with Gasteiger partial charge < -0.3 is 14.8 Å². The molecule has 0 saturated carbocycles. The van der Waals surface area contributed by atoms with Gasteiger partial charge in [-0.2, -0.15) is 0 Å². The number of nitrogens with zero attached hydrogens (tertiary/aromatic N) is 2. The molecular formula is C20H21N3O4. The number of ether oxygens (including phenoxy) is 2. The first kappa shape index (κ1) is 18.4. The fourth-order valence-electron chi connectivity index (χ4n) is 2.94. The number of hydrogen-bond donors (Lipinski definition) is 1. The second-order valence-electron chi connectivity index (χ2n) is 5.95. The van der Waals surface area contributed by atoms with Crippen molar-refractivity contribution in [1.82, 2.24) is 9.55 Å². The highest BCUT2D eigenvalue weighted by Crippen LogP contribution is 2.29. The van der Waals surface area contributed by atoms with Gasteiger partial charge in [-0.1, -0.05) is 19.1 Å². The number of amides is 1. The third kappa shape index (κ3) is 3.62. The molecule has 7 nitrogen and oxygen atoms in total. The molecule has 0 spiro atoms. The largest absolute Gasteiger partial charge is 0.497 e. The Kier molecular flexibility index (Phi) is 5.40. The predicted octanol–water partition coefficient (Wildman–Crippen LogP) is 3.00. The number of benzene rings is 2. The third-order valence-corrected chi connectivity index (χ3v) is 4.38. The van der Waals surface area contributed by atoms with Gasteiger partial charge in [-0.05, 0) is 30.7 Å². The molecule has 0 aliphatic rings. The van der Waals surface area contributed by atoms with Crippen LogP contribution in [0.2, 0.25) is 0 Å². The summed E-state index contributed by atoms with van der Waals surface area (Å²) in [4.78, 5) is 30.0. The van der Waals surface area contributed by atoms with E-state index in [1.54, 1.807) is 43.5 Å². The average molecular weight is 367 g/mol. The normalized spacial score (nSPS) is 11.8. The van der Waals surface area contributed by atoms with Crippen molar-refractivity contribution < 1.29 is 14.3 Å². The van der Waals surface area contributed by atoms with Crippen LogP contribution in [0, 0.1) is 0 Å². The summed E-state index contributed by atoms with van der Waals surface area (Å²) < 4.78 is 11.9. The van der Waals surface area contributed by atoms with Crippen LogP contribution in [0.15, 0.2) is 53.6 Å². The highest BCUT2D eigenvalue weighted by molar-refractivity contribution is 5.95. The fourth-order valence-corrected chi connectivity index (χ4v) is 2.94. The molecule has 1 atom stereocenters. The molecule has 1 amide bonds. The minimum Gasteiger partial charge on any atom is -0.497 e. The van der Waals surface area contributed by atoms with Crippen LogP contribution in [0.4, 0.5) is 5.69 Å². The number of methoxy groups -OCH3 is 2. The Morgan fingerprint density at radius 1 is 1.19 bits per heavy atom. The molecule has 2 aromatic carbocycles. The average Bonchev–Trinajstić information content (AvgIpc) is 2.70. The van der Waals surface area contributed by atoms with E-state index in [1.165, 1.54) is 18.0 Å². The van der Waals surface area contributed by atoms with Gasteiger partial charge in [0.25, 0.3) is 5.56 Å². The molecule has 3 aromatic rings. The van der Waals surface area contributed by atoms with Gasteiger partial charge in [0, 0.05) is 6.07 Å². The first-order valence-electron chi connectivity index (χ1n) is 8.57. The number of rotatable bonds is 6. The van der Waals surface area contributed by atoms with Crippen molar-refractivity contribution in [2.75, 3.05) is 19.5 Å². The Morgan fingerprint density at radius 2 is 1.96 bits per heavy atom. The fraction of sp³-hybridized carbons (Fsp3) is 0.250. The predicted molar refractivity (Wildman–Crippen MR) is 104 cm³/mol. The molecule has 1 aromatic heterocycles. The zero-order valence-electron chi connectivity index (χ0n) is 15.4. The van der Waals surface area contributed by atoms with Gasteiger partial charge in [0.15, 0.2) is 0 Å². The standard InChI is InChI=1S/C20H21N3O4/c1-4-17(23-12-21-15-8-6-5-7-14(15)20(23)25)19(24)22-16-11-13(26-2)9-10-18(16)27-3/h5-12,17H,4H2,1-3H3,(H,22,24). The summed E-state index contributed by atoms with van der Waals surface area (Å²) in [6.07, 6.45) is 1.85. The number of fused-ring (bicyclic) bond motifs is 1. The van der Waals surface area contributed by atoms with Crippen molar-refractivity contribution in [3.05, 3.63) is 59.1 Å². The zero-order valence-corrected chi connectivity index (χ0v) is 15.4. The number of para-hydroxylation sites is 1. The first-order valence-corrected chi connectivity index (χ1v) is 8.57. The number of anilines is 1. The summed E-state index contributed by atoms with van der Waals surface area (Å²) in [7, 11) is 3.06. The third-order valence-electron chi connectivity index (χ3n) is 4.38. The maximum Gasteiger partial charge on any atom is 0.261 e. The van der Waals surface area contributed by atoms with E-state index in [0.717, 1.165) is 0 Å². The van der Waals surface area contributed by atoms with Crippen molar-refractivity contribution >= 4 is 22.5 Å². The highest BCUT2D eigenvalue weighted by Gasteiger charge is 2.22. The number of aromatic nitrogens is 2. The van der Waals surface area contributed by atoms with Crippen molar-refractivity contribution in [2.24, 2.45) is 0 Å². The topological polar surface area (TPSA) is 82.4 Å². The van der Waals surface area contributed by atoms with E-state index >= 15 is 0 Å². The van der Waals surface area contributed by atoms with Gasteiger partial charge in [0.05, 0.1) is 37.1 Å². The Hall–Kier alpha value is -3.35. The van der Waals surface area contributed by atoms with Gasteiger partial charge in [-0.3, -0.25) is 14.2 Å². The molecule has 140 valence electrons. The monoisotopic (exact) mass is 367 g/mol. The van der Waals surface area contributed by atoms with E-state index < -0.39 is 6.04 Å². The van der Waals surface area contributed by atoms with Gasteiger partial charge in [-0.25, -0.2) is 4.98 Å². The van der Waals surface area contributed by atoms with Gasteiger partial charge >= 0.3 is 0 Å². The summed E-state index contributed by atoms with van der Waals surface area (Å²) in [5.74, 6) is 0.759. The molecular weight excluding hydrogens is 346 g/mol. The van der Waals surface area contributed by atoms with E-state index in [9.17, 15) is 9.59 Å². The smallest absolute Gasteiger partial charge is 0.261 e. The maximum absolute atomic E-state index is 12.9. The molecule has 1 N–H and O–H groups in total. The summed E-state index contributed by atoms with van der Waals surface area (Å²) in [5.41, 5.74) is 0.825. The minimum absolute atomic E-state index is 0.250. The van der Waals surface area contributed by atoms with Gasteiger partial charge in [0.2, 0.25) is 5.91 Å². The second-order valence-corrected chi connectivity index (χ2v) is 5.95. The molecule has 0 bridgehead atoms.